The SMILES string of the molecule is COc1cc(CN2CCC[C@]3(CCC[C@H]3OC)C2)cc(Cl)c1OCC(=O)O. The second-order valence-corrected chi connectivity index (χ2v) is 7.99. The van der Waals surface area contributed by atoms with Crippen LogP contribution in [0.4, 0.5) is 0 Å². The number of rotatable bonds is 7. The smallest absolute Gasteiger partial charge is 0.341 e. The third kappa shape index (κ3) is 4.50. The van der Waals surface area contributed by atoms with Crippen LogP contribution >= 0.6 is 11.6 Å². The van der Waals surface area contributed by atoms with Crippen LogP contribution in [0.25, 0.3) is 0 Å². The quantitative estimate of drug-likeness (QED) is 0.758. The lowest BCUT2D eigenvalue weighted by Crippen LogP contribution is -2.47. The molecule has 7 heteroatoms. The number of carbonyl (C=O) groups is 1. The summed E-state index contributed by atoms with van der Waals surface area (Å²) in [6.07, 6.45) is 6.37. The van der Waals surface area contributed by atoms with E-state index in [1.54, 1.807) is 0 Å². The highest BCUT2D eigenvalue weighted by Crippen LogP contribution is 2.47. The molecule has 1 saturated carbocycles. The van der Waals surface area contributed by atoms with Gasteiger partial charge in [-0.25, -0.2) is 4.79 Å². The third-order valence-corrected chi connectivity index (χ3v) is 6.11. The number of hydrogen-bond donors (Lipinski definition) is 1. The van der Waals surface area contributed by atoms with Crippen LogP contribution in [0.1, 0.15) is 37.7 Å². The number of likely N-dealkylation sites (tertiary alicyclic amines) is 1. The first-order valence-electron chi connectivity index (χ1n) is 9.43. The first kappa shape index (κ1) is 20.2. The maximum absolute atomic E-state index is 10.8. The molecule has 0 unspecified atom stereocenters. The Balaban J connectivity index is 1.73. The number of ether oxygens (including phenoxy) is 3. The molecule has 1 N–H and O–H groups in total. The van der Waals surface area contributed by atoms with E-state index < -0.39 is 12.6 Å². The van der Waals surface area contributed by atoms with E-state index in [1.807, 2.05) is 19.2 Å². The number of carboxylic acid groups (broad SMARTS) is 1. The van der Waals surface area contributed by atoms with E-state index in [1.165, 1.54) is 32.8 Å². The van der Waals surface area contributed by atoms with Gasteiger partial charge >= 0.3 is 5.97 Å². The Bertz CT molecular complexity index is 683. The molecule has 2 aliphatic rings. The highest BCUT2D eigenvalue weighted by atomic mass is 35.5. The largest absolute Gasteiger partial charge is 0.493 e. The van der Waals surface area contributed by atoms with Gasteiger partial charge in [0.25, 0.3) is 0 Å². The Hall–Kier alpha value is -1.50. The van der Waals surface area contributed by atoms with Crippen molar-refractivity contribution in [2.75, 3.05) is 33.9 Å². The van der Waals surface area contributed by atoms with Gasteiger partial charge in [-0.2, -0.15) is 0 Å². The van der Waals surface area contributed by atoms with Gasteiger partial charge in [-0.05, 0) is 49.9 Å². The fraction of sp³-hybridized carbons (Fsp3) is 0.650. The third-order valence-electron chi connectivity index (χ3n) is 5.83. The second kappa shape index (κ2) is 8.67. The normalized spacial score (nSPS) is 25.7. The van der Waals surface area contributed by atoms with Gasteiger partial charge in [-0.1, -0.05) is 18.0 Å². The summed E-state index contributed by atoms with van der Waals surface area (Å²) in [4.78, 5) is 13.2. The van der Waals surface area contributed by atoms with Gasteiger partial charge in [0.15, 0.2) is 18.1 Å². The summed E-state index contributed by atoms with van der Waals surface area (Å²) in [6, 6.07) is 3.72. The molecular formula is C20H28ClNO5. The standard InChI is InChI=1S/C20H28ClNO5/c1-25-16-10-14(9-15(21)19(16)27-12-18(23)24)11-22-8-4-7-20(13-22)6-3-5-17(20)26-2/h9-10,17H,3-8,11-13H2,1-2H3,(H,23,24)/t17-,20-/m1/s1. The Morgan fingerprint density at radius 1 is 1.33 bits per heavy atom. The van der Waals surface area contributed by atoms with E-state index in [2.05, 4.69) is 4.90 Å². The second-order valence-electron chi connectivity index (χ2n) is 7.58. The first-order valence-corrected chi connectivity index (χ1v) is 9.81. The summed E-state index contributed by atoms with van der Waals surface area (Å²) in [5, 5.41) is 9.19. The van der Waals surface area contributed by atoms with Gasteiger partial charge < -0.3 is 19.3 Å². The average molecular weight is 398 g/mol. The number of methoxy groups -OCH3 is 2. The predicted octanol–water partition coefficient (Wildman–Crippen LogP) is 3.59. The Morgan fingerprint density at radius 3 is 2.81 bits per heavy atom. The van der Waals surface area contributed by atoms with Crippen molar-refractivity contribution in [2.45, 2.75) is 44.8 Å². The van der Waals surface area contributed by atoms with Crippen molar-refractivity contribution in [1.29, 1.82) is 0 Å². The van der Waals surface area contributed by atoms with Crippen LogP contribution in [-0.2, 0) is 16.1 Å². The molecule has 3 rings (SSSR count). The summed E-state index contributed by atoms with van der Waals surface area (Å²) in [5.74, 6) is -0.322. The lowest BCUT2D eigenvalue weighted by atomic mass is 9.76. The minimum atomic E-state index is -1.06. The van der Waals surface area contributed by atoms with Crippen molar-refractivity contribution < 1.29 is 24.1 Å². The topological polar surface area (TPSA) is 68.2 Å². The van der Waals surface area contributed by atoms with Gasteiger partial charge in [0, 0.05) is 25.6 Å². The molecule has 150 valence electrons. The predicted molar refractivity (Wildman–Crippen MR) is 103 cm³/mol. The zero-order valence-electron chi connectivity index (χ0n) is 16.0. The molecule has 0 aromatic heterocycles. The number of benzene rings is 1. The van der Waals surface area contributed by atoms with Crippen molar-refractivity contribution in [2.24, 2.45) is 5.41 Å². The molecule has 1 aliphatic carbocycles. The van der Waals surface area contributed by atoms with Crippen LogP contribution in [0.5, 0.6) is 11.5 Å². The molecule has 6 nitrogen and oxygen atoms in total. The van der Waals surface area contributed by atoms with Crippen LogP contribution in [0.3, 0.4) is 0 Å². The molecule has 0 radical (unpaired) electrons. The monoisotopic (exact) mass is 397 g/mol. The Labute approximate surface area is 165 Å². The maximum Gasteiger partial charge on any atom is 0.341 e. The molecule has 0 bridgehead atoms. The minimum Gasteiger partial charge on any atom is -0.493 e. The van der Waals surface area contributed by atoms with Gasteiger partial charge in [-0.3, -0.25) is 4.90 Å². The van der Waals surface area contributed by atoms with E-state index in [0.29, 0.717) is 16.9 Å². The Kier molecular flexibility index (Phi) is 6.50. The van der Waals surface area contributed by atoms with E-state index in [-0.39, 0.29) is 11.2 Å². The van der Waals surface area contributed by atoms with Crippen LogP contribution in [-0.4, -0.2) is 56.0 Å². The van der Waals surface area contributed by atoms with Crippen LogP contribution in [0.15, 0.2) is 12.1 Å². The minimum absolute atomic E-state index is 0.269. The van der Waals surface area contributed by atoms with Gasteiger partial charge in [-0.15, -0.1) is 0 Å². The van der Waals surface area contributed by atoms with Crippen molar-refractivity contribution in [3.8, 4) is 11.5 Å². The van der Waals surface area contributed by atoms with Crippen LogP contribution in [0.2, 0.25) is 5.02 Å². The summed E-state index contributed by atoms with van der Waals surface area (Å²) in [6.45, 7) is 2.40. The number of carboxylic acids is 1. The van der Waals surface area contributed by atoms with E-state index in [4.69, 9.17) is 30.9 Å². The molecule has 1 spiro atoms. The summed E-state index contributed by atoms with van der Waals surface area (Å²) >= 11 is 6.34. The zero-order valence-corrected chi connectivity index (χ0v) is 16.8. The molecule has 1 heterocycles. The molecule has 1 aromatic rings. The average Bonchev–Trinajstić information content (AvgIpc) is 3.01. The highest BCUT2D eigenvalue weighted by molar-refractivity contribution is 6.32. The molecule has 2 atom stereocenters. The van der Waals surface area contributed by atoms with Crippen molar-refractivity contribution in [3.63, 3.8) is 0 Å². The van der Waals surface area contributed by atoms with Gasteiger partial charge in [0.1, 0.15) is 0 Å². The van der Waals surface area contributed by atoms with E-state index >= 15 is 0 Å². The fourth-order valence-corrected chi connectivity index (χ4v) is 5.02. The summed E-state index contributed by atoms with van der Waals surface area (Å²) < 4.78 is 16.4. The van der Waals surface area contributed by atoms with E-state index in [0.717, 1.165) is 31.6 Å². The fourth-order valence-electron chi connectivity index (χ4n) is 4.73. The first-order chi connectivity index (χ1) is 13.0. The molecule has 0 amide bonds. The molecule has 1 aromatic carbocycles. The number of aliphatic carboxylic acids is 1. The maximum atomic E-state index is 10.8. The van der Waals surface area contributed by atoms with Crippen molar-refractivity contribution in [1.82, 2.24) is 4.90 Å². The molecule has 1 aliphatic heterocycles. The molecule has 2 fully saturated rings. The summed E-state index contributed by atoms with van der Waals surface area (Å²) in [7, 11) is 3.36. The number of piperidine rings is 1. The van der Waals surface area contributed by atoms with Gasteiger partial charge in [0.2, 0.25) is 0 Å². The zero-order chi connectivity index (χ0) is 19.4. The van der Waals surface area contributed by atoms with Gasteiger partial charge in [0.05, 0.1) is 18.2 Å². The van der Waals surface area contributed by atoms with Crippen molar-refractivity contribution >= 4 is 17.6 Å². The van der Waals surface area contributed by atoms with Crippen LogP contribution in [0, 0.1) is 5.41 Å². The molecule has 1 saturated heterocycles. The molecular weight excluding hydrogens is 370 g/mol. The highest BCUT2D eigenvalue weighted by Gasteiger charge is 2.45. The van der Waals surface area contributed by atoms with E-state index in [9.17, 15) is 4.79 Å². The summed E-state index contributed by atoms with van der Waals surface area (Å²) in [5.41, 5.74) is 1.30. The number of halogens is 1. The molecule has 27 heavy (non-hydrogen) atoms. The van der Waals surface area contributed by atoms with Crippen molar-refractivity contribution in [3.05, 3.63) is 22.7 Å². The Morgan fingerprint density at radius 2 is 2.11 bits per heavy atom. The lowest BCUT2D eigenvalue weighted by Gasteiger charge is -2.43. The number of nitrogens with zero attached hydrogens (tertiary/aromatic N) is 1. The van der Waals surface area contributed by atoms with Crippen LogP contribution < -0.4 is 9.47 Å². The number of hydrogen-bond acceptors (Lipinski definition) is 5. The lowest BCUT2D eigenvalue weighted by molar-refractivity contribution is -0.139.